The Hall–Kier alpha value is -3.03. The molecule has 0 aliphatic heterocycles. The number of aromatic nitrogens is 2. The highest BCUT2D eigenvalue weighted by molar-refractivity contribution is 6.31. The van der Waals surface area contributed by atoms with Gasteiger partial charge in [-0.25, -0.2) is 0 Å². The van der Waals surface area contributed by atoms with E-state index in [4.69, 9.17) is 21.1 Å². The Morgan fingerprint density at radius 1 is 1.16 bits per heavy atom. The van der Waals surface area contributed by atoms with Gasteiger partial charge in [-0.15, -0.1) is 0 Å². The van der Waals surface area contributed by atoms with Crippen molar-refractivity contribution in [2.75, 3.05) is 34.9 Å². The summed E-state index contributed by atoms with van der Waals surface area (Å²) in [6, 6.07) is 14.8. The van der Waals surface area contributed by atoms with E-state index in [1.807, 2.05) is 61.5 Å². The van der Waals surface area contributed by atoms with E-state index in [1.165, 1.54) is 0 Å². The standard InChI is InChI=1S/C23H27ClN4O3/c1-27(2)21(16-8-6-7-9-18(16)24)14-25-23(29)20-13-19(26-28(20)3)17-12-15(30-4)10-11-22(17)31-5/h6-13,21H,14H2,1-5H3,(H,25,29). The molecular formula is C23H27ClN4O3. The quantitative estimate of drug-likeness (QED) is 0.574. The van der Waals surface area contributed by atoms with Gasteiger partial charge in [0.1, 0.15) is 17.2 Å². The molecule has 0 saturated heterocycles. The van der Waals surface area contributed by atoms with Crippen LogP contribution in [0.5, 0.6) is 11.5 Å². The van der Waals surface area contributed by atoms with Gasteiger partial charge in [0.15, 0.2) is 0 Å². The molecule has 164 valence electrons. The predicted octanol–water partition coefficient (Wildman–Crippen LogP) is 3.79. The minimum Gasteiger partial charge on any atom is -0.497 e. The largest absolute Gasteiger partial charge is 0.497 e. The molecule has 3 rings (SSSR count). The van der Waals surface area contributed by atoms with Crippen LogP contribution in [0.25, 0.3) is 11.3 Å². The third kappa shape index (κ3) is 5.00. The molecular weight excluding hydrogens is 416 g/mol. The summed E-state index contributed by atoms with van der Waals surface area (Å²) in [4.78, 5) is 15.0. The Bertz CT molecular complexity index is 1060. The lowest BCUT2D eigenvalue weighted by Crippen LogP contribution is -2.35. The zero-order chi connectivity index (χ0) is 22.5. The number of ether oxygens (including phenoxy) is 2. The average molecular weight is 443 g/mol. The number of hydrogen-bond acceptors (Lipinski definition) is 5. The van der Waals surface area contributed by atoms with Crippen LogP contribution in [0, 0.1) is 0 Å². The molecule has 0 spiro atoms. The molecule has 0 aliphatic carbocycles. The number of amides is 1. The number of rotatable bonds is 8. The van der Waals surface area contributed by atoms with Gasteiger partial charge in [0.2, 0.25) is 0 Å². The Morgan fingerprint density at radius 2 is 1.90 bits per heavy atom. The summed E-state index contributed by atoms with van der Waals surface area (Å²) in [6.45, 7) is 0.401. The zero-order valence-corrected chi connectivity index (χ0v) is 19.1. The van der Waals surface area contributed by atoms with Crippen LogP contribution < -0.4 is 14.8 Å². The molecule has 0 radical (unpaired) electrons. The summed E-state index contributed by atoms with van der Waals surface area (Å²) in [7, 11) is 8.85. The van der Waals surface area contributed by atoms with Gasteiger partial charge in [0.25, 0.3) is 5.91 Å². The summed E-state index contributed by atoms with van der Waals surface area (Å²) in [6.07, 6.45) is 0. The third-order valence-electron chi connectivity index (χ3n) is 5.14. The second-order valence-electron chi connectivity index (χ2n) is 7.32. The van der Waals surface area contributed by atoms with Crippen LogP contribution in [0.3, 0.4) is 0 Å². The first kappa shape index (κ1) is 22.7. The summed E-state index contributed by atoms with van der Waals surface area (Å²) in [5, 5.41) is 8.19. The number of likely N-dealkylation sites (N-methyl/N-ethyl adjacent to an activating group) is 1. The summed E-state index contributed by atoms with van der Waals surface area (Å²) in [5.41, 5.74) is 2.77. The lowest BCUT2D eigenvalue weighted by molar-refractivity contribution is 0.0932. The van der Waals surface area contributed by atoms with E-state index in [0.29, 0.717) is 34.5 Å². The first-order valence-electron chi connectivity index (χ1n) is 9.81. The number of carbonyl (C=O) groups is 1. The highest BCUT2D eigenvalue weighted by Gasteiger charge is 2.21. The molecule has 1 heterocycles. The zero-order valence-electron chi connectivity index (χ0n) is 18.3. The fourth-order valence-corrected chi connectivity index (χ4v) is 3.68. The average Bonchev–Trinajstić information content (AvgIpc) is 3.15. The number of methoxy groups -OCH3 is 2. The van der Waals surface area contributed by atoms with Crippen LogP contribution in [0.15, 0.2) is 48.5 Å². The number of benzene rings is 2. The van der Waals surface area contributed by atoms with Crippen molar-refractivity contribution < 1.29 is 14.3 Å². The van der Waals surface area contributed by atoms with Crippen LogP contribution >= 0.6 is 11.6 Å². The van der Waals surface area contributed by atoms with Gasteiger partial charge in [-0.2, -0.15) is 5.10 Å². The van der Waals surface area contributed by atoms with Crippen molar-refractivity contribution >= 4 is 17.5 Å². The molecule has 31 heavy (non-hydrogen) atoms. The molecule has 1 aromatic heterocycles. The van der Waals surface area contributed by atoms with E-state index >= 15 is 0 Å². The summed E-state index contributed by atoms with van der Waals surface area (Å²) in [5.74, 6) is 1.11. The topological polar surface area (TPSA) is 68.6 Å². The van der Waals surface area contributed by atoms with Crippen molar-refractivity contribution in [1.29, 1.82) is 0 Å². The van der Waals surface area contributed by atoms with E-state index in [-0.39, 0.29) is 11.9 Å². The van der Waals surface area contributed by atoms with E-state index in [1.54, 1.807) is 32.0 Å². The summed E-state index contributed by atoms with van der Waals surface area (Å²) < 4.78 is 12.3. The smallest absolute Gasteiger partial charge is 0.269 e. The molecule has 1 atom stereocenters. The molecule has 0 saturated carbocycles. The van der Waals surface area contributed by atoms with Crippen LogP contribution in [0.2, 0.25) is 5.02 Å². The molecule has 8 heteroatoms. The molecule has 3 aromatic rings. The molecule has 0 bridgehead atoms. The van der Waals surface area contributed by atoms with Crippen molar-refractivity contribution in [3.63, 3.8) is 0 Å². The SMILES string of the molecule is COc1ccc(OC)c(-c2cc(C(=O)NCC(c3ccccc3Cl)N(C)C)n(C)n2)c1. The fourth-order valence-electron chi connectivity index (χ4n) is 3.42. The van der Waals surface area contributed by atoms with E-state index in [2.05, 4.69) is 10.4 Å². The summed E-state index contributed by atoms with van der Waals surface area (Å²) >= 11 is 6.37. The van der Waals surface area contributed by atoms with Crippen LogP contribution in [0.1, 0.15) is 22.1 Å². The Balaban J connectivity index is 1.82. The highest BCUT2D eigenvalue weighted by Crippen LogP contribution is 2.33. The number of halogens is 1. The lowest BCUT2D eigenvalue weighted by atomic mass is 10.1. The van der Waals surface area contributed by atoms with Gasteiger partial charge in [-0.05, 0) is 50.0 Å². The second-order valence-corrected chi connectivity index (χ2v) is 7.72. The van der Waals surface area contributed by atoms with Gasteiger partial charge < -0.3 is 19.7 Å². The van der Waals surface area contributed by atoms with Crippen molar-refractivity contribution in [1.82, 2.24) is 20.0 Å². The number of hydrogen-bond donors (Lipinski definition) is 1. The van der Waals surface area contributed by atoms with E-state index < -0.39 is 0 Å². The van der Waals surface area contributed by atoms with Crippen molar-refractivity contribution in [2.24, 2.45) is 7.05 Å². The van der Waals surface area contributed by atoms with Crippen molar-refractivity contribution in [3.05, 3.63) is 64.8 Å². The first-order chi connectivity index (χ1) is 14.8. The van der Waals surface area contributed by atoms with Gasteiger partial charge >= 0.3 is 0 Å². The van der Waals surface area contributed by atoms with Gasteiger partial charge in [-0.3, -0.25) is 9.48 Å². The predicted molar refractivity (Wildman–Crippen MR) is 122 cm³/mol. The maximum atomic E-state index is 13.0. The van der Waals surface area contributed by atoms with E-state index in [0.717, 1.165) is 11.1 Å². The monoisotopic (exact) mass is 442 g/mol. The number of aryl methyl sites for hydroxylation is 1. The fraction of sp³-hybridized carbons (Fsp3) is 0.304. The minimum absolute atomic E-state index is 0.0659. The Morgan fingerprint density at radius 3 is 2.55 bits per heavy atom. The third-order valence-corrected chi connectivity index (χ3v) is 5.48. The Labute approximate surface area is 187 Å². The molecule has 7 nitrogen and oxygen atoms in total. The first-order valence-corrected chi connectivity index (χ1v) is 10.2. The van der Waals surface area contributed by atoms with Gasteiger partial charge in [0.05, 0.1) is 26.0 Å². The normalized spacial score (nSPS) is 12.0. The molecule has 0 aliphatic rings. The Kier molecular flexibility index (Phi) is 7.20. The number of nitrogens with zero attached hydrogens (tertiary/aromatic N) is 3. The molecule has 2 aromatic carbocycles. The van der Waals surface area contributed by atoms with Gasteiger partial charge in [0, 0.05) is 24.2 Å². The second kappa shape index (κ2) is 9.85. The maximum absolute atomic E-state index is 13.0. The van der Waals surface area contributed by atoms with Gasteiger partial charge in [-0.1, -0.05) is 29.8 Å². The lowest BCUT2D eigenvalue weighted by Gasteiger charge is -2.26. The minimum atomic E-state index is -0.220. The maximum Gasteiger partial charge on any atom is 0.269 e. The highest BCUT2D eigenvalue weighted by atomic mass is 35.5. The van der Waals surface area contributed by atoms with Crippen molar-refractivity contribution in [2.45, 2.75) is 6.04 Å². The van der Waals surface area contributed by atoms with Crippen molar-refractivity contribution in [3.8, 4) is 22.8 Å². The number of nitrogens with one attached hydrogen (secondary N) is 1. The van der Waals surface area contributed by atoms with E-state index in [9.17, 15) is 4.79 Å². The molecule has 0 fully saturated rings. The number of carbonyl (C=O) groups excluding carboxylic acids is 1. The molecule has 1 N–H and O–H groups in total. The van der Waals surface area contributed by atoms with Crippen LogP contribution in [-0.4, -0.2) is 55.4 Å². The molecule has 1 amide bonds. The van der Waals surface area contributed by atoms with Crippen LogP contribution in [-0.2, 0) is 7.05 Å². The van der Waals surface area contributed by atoms with Crippen LogP contribution in [0.4, 0.5) is 0 Å². The molecule has 1 unspecified atom stereocenters.